The molecule has 0 aromatic carbocycles. The Kier molecular flexibility index (Phi) is 9.96. The third-order valence-corrected chi connectivity index (χ3v) is 3.20. The van der Waals surface area contributed by atoms with E-state index in [0.29, 0.717) is 39.4 Å². The van der Waals surface area contributed by atoms with E-state index in [4.69, 9.17) is 24.4 Å². The molecule has 4 N–H and O–H groups in total. The van der Waals surface area contributed by atoms with Gasteiger partial charge in [-0.05, 0) is 13.3 Å². The Bertz CT molecular complexity index is 222. The van der Waals surface area contributed by atoms with E-state index in [2.05, 4.69) is 5.32 Å². The Morgan fingerprint density at radius 3 is 2.29 bits per heavy atom. The van der Waals surface area contributed by atoms with Crippen LogP contribution < -0.4 is 5.32 Å². The first-order valence-electron chi connectivity index (χ1n) is 5.53. The second kappa shape index (κ2) is 9.96. The largest absolute Gasteiger partial charge is 0.396 e. The molecule has 0 aromatic heterocycles. The van der Waals surface area contributed by atoms with Crippen molar-refractivity contribution in [3.05, 3.63) is 0 Å². The van der Waals surface area contributed by atoms with Gasteiger partial charge >= 0.3 is 7.60 Å². The summed E-state index contributed by atoms with van der Waals surface area (Å²) in [5.41, 5.74) is 0. The van der Waals surface area contributed by atoms with Crippen molar-refractivity contribution in [3.63, 3.8) is 0 Å². The highest BCUT2D eigenvalue weighted by Gasteiger charge is 2.22. The zero-order valence-electron chi connectivity index (χ0n) is 10.0. The normalized spacial score (nSPS) is 13.9. The average molecular weight is 271 g/mol. The summed E-state index contributed by atoms with van der Waals surface area (Å²) in [6.07, 6.45) is 0.612. The van der Waals surface area contributed by atoms with Crippen molar-refractivity contribution in [2.45, 2.75) is 19.1 Å². The maximum Gasteiger partial charge on any atom is 0.342 e. The van der Waals surface area contributed by atoms with Gasteiger partial charge in [-0.1, -0.05) is 0 Å². The van der Waals surface area contributed by atoms with Crippen LogP contribution in [0.1, 0.15) is 13.3 Å². The Morgan fingerprint density at radius 1 is 1.18 bits per heavy atom. The molecule has 0 spiro atoms. The van der Waals surface area contributed by atoms with Crippen LogP contribution in [0.25, 0.3) is 0 Å². The zero-order chi connectivity index (χ0) is 13.1. The Balaban J connectivity index is 3.21. The number of nitrogens with one attached hydrogen (secondary N) is 1. The smallest absolute Gasteiger partial charge is 0.342 e. The molecule has 0 aromatic rings. The molecule has 0 aliphatic heterocycles. The molecule has 0 heterocycles. The molecular formula is C9H22NO6P. The maximum atomic E-state index is 10.7. The van der Waals surface area contributed by atoms with Gasteiger partial charge in [-0.25, -0.2) is 0 Å². The predicted octanol–water partition coefficient (Wildman–Crippen LogP) is -0.485. The second-order valence-electron chi connectivity index (χ2n) is 3.52. The number of aliphatic hydroxyl groups is 1. The molecule has 1 atom stereocenters. The minimum Gasteiger partial charge on any atom is -0.396 e. The Labute approximate surface area is 101 Å². The highest BCUT2D eigenvalue weighted by atomic mass is 31.2. The number of hydrogen-bond acceptors (Lipinski definition) is 5. The van der Waals surface area contributed by atoms with E-state index in [1.165, 1.54) is 6.92 Å². The SMILES string of the molecule is CC(NCCOCCOCCCO)P(=O)(O)O. The van der Waals surface area contributed by atoms with Gasteiger partial charge in [0.15, 0.2) is 0 Å². The summed E-state index contributed by atoms with van der Waals surface area (Å²) in [6.45, 7) is 3.68. The zero-order valence-corrected chi connectivity index (χ0v) is 10.9. The lowest BCUT2D eigenvalue weighted by molar-refractivity contribution is 0.0434. The molecule has 0 rings (SSSR count). The first-order valence-corrected chi connectivity index (χ1v) is 7.21. The van der Waals surface area contributed by atoms with E-state index in [9.17, 15) is 4.57 Å². The lowest BCUT2D eigenvalue weighted by atomic mass is 10.5. The van der Waals surface area contributed by atoms with Crippen molar-refractivity contribution in [1.29, 1.82) is 0 Å². The fraction of sp³-hybridized carbons (Fsp3) is 1.00. The molecule has 0 bridgehead atoms. The number of rotatable bonds is 11. The van der Waals surface area contributed by atoms with Crippen LogP contribution in [-0.4, -0.2) is 60.3 Å². The molecule has 0 aliphatic rings. The van der Waals surface area contributed by atoms with E-state index in [1.807, 2.05) is 0 Å². The van der Waals surface area contributed by atoms with Gasteiger partial charge in [-0.15, -0.1) is 0 Å². The van der Waals surface area contributed by atoms with Crippen LogP contribution in [0.5, 0.6) is 0 Å². The van der Waals surface area contributed by atoms with Gasteiger partial charge in [0.2, 0.25) is 0 Å². The minimum atomic E-state index is -4.05. The van der Waals surface area contributed by atoms with Crippen LogP contribution >= 0.6 is 7.60 Å². The van der Waals surface area contributed by atoms with Gasteiger partial charge < -0.3 is 29.7 Å². The van der Waals surface area contributed by atoms with Gasteiger partial charge in [0.1, 0.15) is 5.78 Å². The average Bonchev–Trinajstić information content (AvgIpc) is 2.25. The summed E-state index contributed by atoms with van der Waals surface area (Å²) < 4.78 is 21.0. The molecule has 0 saturated heterocycles. The minimum absolute atomic E-state index is 0.116. The first kappa shape index (κ1) is 17.0. The van der Waals surface area contributed by atoms with E-state index < -0.39 is 13.4 Å². The van der Waals surface area contributed by atoms with Gasteiger partial charge in [-0.2, -0.15) is 0 Å². The monoisotopic (exact) mass is 271 g/mol. The third-order valence-electron chi connectivity index (χ3n) is 2.01. The summed E-state index contributed by atoms with van der Waals surface area (Å²) in [5, 5.41) is 11.1. The van der Waals surface area contributed by atoms with Crippen molar-refractivity contribution in [1.82, 2.24) is 5.32 Å². The highest BCUT2D eigenvalue weighted by Crippen LogP contribution is 2.38. The Hall–Kier alpha value is -0.0100. The van der Waals surface area contributed by atoms with E-state index in [0.717, 1.165) is 0 Å². The number of ether oxygens (including phenoxy) is 2. The lowest BCUT2D eigenvalue weighted by Crippen LogP contribution is -2.29. The van der Waals surface area contributed by atoms with Crippen LogP contribution in [0, 0.1) is 0 Å². The summed E-state index contributed by atoms with van der Waals surface area (Å²) in [4.78, 5) is 17.6. The molecular weight excluding hydrogens is 249 g/mol. The Morgan fingerprint density at radius 2 is 1.76 bits per heavy atom. The molecule has 104 valence electrons. The van der Waals surface area contributed by atoms with Gasteiger partial charge in [0, 0.05) is 19.8 Å². The molecule has 0 aliphatic carbocycles. The molecule has 17 heavy (non-hydrogen) atoms. The molecule has 0 amide bonds. The molecule has 0 saturated carbocycles. The van der Waals surface area contributed by atoms with Crippen LogP contribution in [0.15, 0.2) is 0 Å². The lowest BCUT2D eigenvalue weighted by Gasteiger charge is -2.14. The van der Waals surface area contributed by atoms with Gasteiger partial charge in [0.05, 0.1) is 19.8 Å². The van der Waals surface area contributed by atoms with E-state index in [-0.39, 0.29) is 6.61 Å². The van der Waals surface area contributed by atoms with Gasteiger partial charge in [-0.3, -0.25) is 4.57 Å². The quantitative estimate of drug-likeness (QED) is 0.297. The summed E-state index contributed by atoms with van der Waals surface area (Å²) in [5.74, 6) is -0.855. The maximum absolute atomic E-state index is 10.7. The van der Waals surface area contributed by atoms with Crippen LogP contribution in [0.4, 0.5) is 0 Å². The van der Waals surface area contributed by atoms with Crippen molar-refractivity contribution in [2.24, 2.45) is 0 Å². The van der Waals surface area contributed by atoms with Crippen molar-refractivity contribution < 1.29 is 28.9 Å². The fourth-order valence-electron chi connectivity index (χ4n) is 0.947. The predicted molar refractivity (Wildman–Crippen MR) is 62.8 cm³/mol. The standard InChI is InChI=1S/C9H22NO6P/c1-9(17(12,13)14)10-3-6-16-8-7-15-5-2-4-11/h9-11H,2-8H2,1H3,(H2,12,13,14). The summed E-state index contributed by atoms with van der Waals surface area (Å²) in [6, 6.07) is 0. The van der Waals surface area contributed by atoms with Crippen LogP contribution in [-0.2, 0) is 14.0 Å². The van der Waals surface area contributed by atoms with Crippen LogP contribution in [0.3, 0.4) is 0 Å². The van der Waals surface area contributed by atoms with Crippen molar-refractivity contribution in [2.75, 3.05) is 39.6 Å². The first-order chi connectivity index (χ1) is 7.98. The van der Waals surface area contributed by atoms with E-state index in [1.54, 1.807) is 0 Å². The fourth-order valence-corrected chi connectivity index (χ4v) is 1.31. The third kappa shape index (κ3) is 10.8. The summed E-state index contributed by atoms with van der Waals surface area (Å²) in [7, 11) is -4.05. The topological polar surface area (TPSA) is 108 Å². The van der Waals surface area contributed by atoms with Crippen molar-refractivity contribution in [3.8, 4) is 0 Å². The van der Waals surface area contributed by atoms with Gasteiger partial charge in [0.25, 0.3) is 0 Å². The molecule has 1 unspecified atom stereocenters. The van der Waals surface area contributed by atoms with Crippen molar-refractivity contribution >= 4 is 7.60 Å². The number of aliphatic hydroxyl groups excluding tert-OH is 1. The van der Waals surface area contributed by atoms with E-state index >= 15 is 0 Å². The molecule has 0 fully saturated rings. The van der Waals surface area contributed by atoms with Crippen LogP contribution in [0.2, 0.25) is 0 Å². The molecule has 8 heteroatoms. The highest BCUT2D eigenvalue weighted by molar-refractivity contribution is 7.52. The molecule has 0 radical (unpaired) electrons. The number of hydrogen-bond donors (Lipinski definition) is 4. The molecule has 7 nitrogen and oxygen atoms in total. The second-order valence-corrected chi connectivity index (χ2v) is 5.47. The summed E-state index contributed by atoms with van der Waals surface area (Å²) >= 11 is 0.